The molecule has 0 bridgehead atoms. The predicted molar refractivity (Wildman–Crippen MR) is 88.0 cm³/mol. The van der Waals surface area contributed by atoms with Crippen molar-refractivity contribution >= 4 is 29.2 Å². The third-order valence-electron chi connectivity index (χ3n) is 4.17. The van der Waals surface area contributed by atoms with Crippen LogP contribution in [-0.4, -0.2) is 29.4 Å². The molecule has 0 aromatic heterocycles. The zero-order valence-corrected chi connectivity index (χ0v) is 14.0. The number of nitrogens with zero attached hydrogens (tertiary/aromatic N) is 1. The molecule has 1 amide bonds. The van der Waals surface area contributed by atoms with Crippen LogP contribution in [0.1, 0.15) is 43.0 Å². The van der Waals surface area contributed by atoms with Gasteiger partial charge in [-0.2, -0.15) is 0 Å². The standard InChI is InChI=1S/C16H19ClN2O5/c1-10-4-2-3-5-13(10)18-15(20)9-24-16(21)12-7-6-11(17)8-14(12)19(22)23/h6-8,10,13H,2-5,9H2,1H3,(H,18,20)/t10-,13+/m1/s1. The van der Waals surface area contributed by atoms with Crippen LogP contribution in [0.2, 0.25) is 5.02 Å². The Morgan fingerprint density at radius 1 is 1.38 bits per heavy atom. The van der Waals surface area contributed by atoms with E-state index in [9.17, 15) is 19.7 Å². The molecule has 2 atom stereocenters. The smallest absolute Gasteiger partial charge is 0.345 e. The minimum Gasteiger partial charge on any atom is -0.452 e. The Kier molecular flexibility index (Phi) is 6.14. The van der Waals surface area contributed by atoms with Crippen molar-refractivity contribution in [1.82, 2.24) is 5.32 Å². The summed E-state index contributed by atoms with van der Waals surface area (Å²) in [5, 5.41) is 14.0. The minimum atomic E-state index is -0.926. The van der Waals surface area contributed by atoms with Crippen LogP contribution >= 0.6 is 11.6 Å². The van der Waals surface area contributed by atoms with Crippen LogP contribution in [0.25, 0.3) is 0 Å². The first-order valence-electron chi connectivity index (χ1n) is 7.79. The second-order valence-corrected chi connectivity index (χ2v) is 6.37. The number of hydrogen-bond acceptors (Lipinski definition) is 5. The third kappa shape index (κ3) is 4.67. The number of esters is 1. The Balaban J connectivity index is 1.93. The maximum atomic E-state index is 12.0. The largest absolute Gasteiger partial charge is 0.452 e. The SMILES string of the molecule is C[C@@H]1CCCC[C@@H]1NC(=O)COC(=O)c1ccc(Cl)cc1[N+](=O)[O-]. The average molecular weight is 355 g/mol. The van der Waals surface area contributed by atoms with Gasteiger partial charge in [0.15, 0.2) is 6.61 Å². The zero-order chi connectivity index (χ0) is 17.7. The maximum Gasteiger partial charge on any atom is 0.345 e. The summed E-state index contributed by atoms with van der Waals surface area (Å²) < 4.78 is 4.90. The fourth-order valence-electron chi connectivity index (χ4n) is 2.82. The van der Waals surface area contributed by atoms with Crippen LogP contribution in [0.15, 0.2) is 18.2 Å². The average Bonchev–Trinajstić information content (AvgIpc) is 2.54. The summed E-state index contributed by atoms with van der Waals surface area (Å²) in [6.45, 7) is 1.61. The highest BCUT2D eigenvalue weighted by Gasteiger charge is 2.25. The topological polar surface area (TPSA) is 98.5 Å². The van der Waals surface area contributed by atoms with Gasteiger partial charge in [-0.15, -0.1) is 0 Å². The first kappa shape index (κ1) is 18.2. The molecule has 130 valence electrons. The Hall–Kier alpha value is -2.15. The Bertz CT molecular complexity index is 649. The monoisotopic (exact) mass is 354 g/mol. The number of amides is 1. The molecule has 1 saturated carbocycles. The fraction of sp³-hybridized carbons (Fsp3) is 0.500. The van der Waals surface area contributed by atoms with E-state index < -0.39 is 29.1 Å². The van der Waals surface area contributed by atoms with E-state index in [1.165, 1.54) is 12.1 Å². The highest BCUT2D eigenvalue weighted by atomic mass is 35.5. The van der Waals surface area contributed by atoms with E-state index in [0.29, 0.717) is 5.92 Å². The van der Waals surface area contributed by atoms with Crippen molar-refractivity contribution in [2.75, 3.05) is 6.61 Å². The normalized spacial score (nSPS) is 20.2. The van der Waals surface area contributed by atoms with E-state index in [0.717, 1.165) is 31.7 Å². The maximum absolute atomic E-state index is 12.0. The lowest BCUT2D eigenvalue weighted by Crippen LogP contribution is -2.42. The number of nitro benzene ring substituents is 1. The van der Waals surface area contributed by atoms with Gasteiger partial charge in [-0.1, -0.05) is 31.4 Å². The molecule has 8 heteroatoms. The van der Waals surface area contributed by atoms with Crippen LogP contribution < -0.4 is 5.32 Å². The molecule has 0 aliphatic heterocycles. The molecule has 24 heavy (non-hydrogen) atoms. The van der Waals surface area contributed by atoms with Crippen LogP contribution in [0.5, 0.6) is 0 Å². The fourth-order valence-corrected chi connectivity index (χ4v) is 2.98. The Labute approximate surface area is 144 Å². The first-order chi connectivity index (χ1) is 11.4. The summed E-state index contributed by atoms with van der Waals surface area (Å²) in [5.41, 5.74) is -0.683. The van der Waals surface area contributed by atoms with E-state index in [2.05, 4.69) is 12.2 Å². The second kappa shape index (κ2) is 8.10. The molecular weight excluding hydrogens is 336 g/mol. The summed E-state index contributed by atoms with van der Waals surface area (Å²) in [6, 6.07) is 3.72. The molecule has 0 heterocycles. The molecule has 0 saturated heterocycles. The van der Waals surface area contributed by atoms with Crippen LogP contribution in [0.3, 0.4) is 0 Å². The molecule has 1 aromatic carbocycles. The number of nitrogens with one attached hydrogen (secondary N) is 1. The van der Waals surface area contributed by atoms with Crippen molar-refractivity contribution in [2.24, 2.45) is 5.92 Å². The van der Waals surface area contributed by atoms with Gasteiger partial charge in [0.05, 0.1) is 4.92 Å². The third-order valence-corrected chi connectivity index (χ3v) is 4.40. The highest BCUT2D eigenvalue weighted by Crippen LogP contribution is 2.25. The van der Waals surface area contributed by atoms with E-state index in [4.69, 9.17) is 16.3 Å². The van der Waals surface area contributed by atoms with Gasteiger partial charge in [0.25, 0.3) is 11.6 Å². The molecule has 1 fully saturated rings. The number of benzene rings is 1. The van der Waals surface area contributed by atoms with Crippen molar-refractivity contribution in [3.8, 4) is 0 Å². The number of hydrogen-bond donors (Lipinski definition) is 1. The van der Waals surface area contributed by atoms with Gasteiger partial charge >= 0.3 is 5.97 Å². The van der Waals surface area contributed by atoms with Gasteiger partial charge in [-0.3, -0.25) is 14.9 Å². The summed E-state index contributed by atoms with van der Waals surface area (Å²) in [5.74, 6) is -0.945. The number of halogens is 1. The van der Waals surface area contributed by atoms with Crippen molar-refractivity contribution in [3.63, 3.8) is 0 Å². The summed E-state index contributed by atoms with van der Waals surface area (Å²) in [4.78, 5) is 34.2. The van der Waals surface area contributed by atoms with E-state index in [-0.39, 0.29) is 16.6 Å². The molecule has 2 rings (SSSR count). The molecule has 1 aliphatic carbocycles. The van der Waals surface area contributed by atoms with Gasteiger partial charge in [-0.05, 0) is 30.9 Å². The molecular formula is C16H19ClN2O5. The molecule has 1 aliphatic rings. The number of carbonyl (C=O) groups excluding carboxylic acids is 2. The highest BCUT2D eigenvalue weighted by molar-refractivity contribution is 6.31. The molecule has 0 radical (unpaired) electrons. The lowest BCUT2D eigenvalue weighted by Gasteiger charge is -2.29. The second-order valence-electron chi connectivity index (χ2n) is 5.93. The molecule has 0 unspecified atom stereocenters. The quantitative estimate of drug-likeness (QED) is 0.497. The van der Waals surface area contributed by atoms with Gasteiger partial charge in [0, 0.05) is 17.1 Å². The van der Waals surface area contributed by atoms with Crippen LogP contribution in [-0.2, 0) is 9.53 Å². The van der Waals surface area contributed by atoms with E-state index in [1.807, 2.05) is 0 Å². The molecule has 1 aromatic rings. The van der Waals surface area contributed by atoms with Crippen molar-refractivity contribution in [3.05, 3.63) is 38.9 Å². The van der Waals surface area contributed by atoms with E-state index >= 15 is 0 Å². The predicted octanol–water partition coefficient (Wildman–Crippen LogP) is 3.10. The van der Waals surface area contributed by atoms with Crippen LogP contribution in [0, 0.1) is 16.0 Å². The molecule has 7 nitrogen and oxygen atoms in total. The lowest BCUT2D eigenvalue weighted by molar-refractivity contribution is -0.385. The Morgan fingerprint density at radius 2 is 2.08 bits per heavy atom. The zero-order valence-electron chi connectivity index (χ0n) is 13.3. The summed E-state index contributed by atoms with van der Waals surface area (Å²) in [6.07, 6.45) is 4.18. The molecule has 0 spiro atoms. The van der Waals surface area contributed by atoms with Crippen LogP contribution in [0.4, 0.5) is 5.69 Å². The number of carbonyl (C=O) groups is 2. The Morgan fingerprint density at radius 3 is 2.75 bits per heavy atom. The van der Waals surface area contributed by atoms with Gasteiger partial charge in [0.1, 0.15) is 5.56 Å². The van der Waals surface area contributed by atoms with Crippen molar-refractivity contribution in [2.45, 2.75) is 38.6 Å². The molecule has 1 N–H and O–H groups in total. The van der Waals surface area contributed by atoms with Gasteiger partial charge in [0.2, 0.25) is 0 Å². The van der Waals surface area contributed by atoms with E-state index in [1.54, 1.807) is 0 Å². The van der Waals surface area contributed by atoms with Crippen molar-refractivity contribution in [1.29, 1.82) is 0 Å². The number of nitro groups is 1. The summed E-state index contributed by atoms with van der Waals surface area (Å²) >= 11 is 5.69. The van der Waals surface area contributed by atoms with Gasteiger partial charge in [-0.25, -0.2) is 4.79 Å². The lowest BCUT2D eigenvalue weighted by atomic mass is 9.86. The summed E-state index contributed by atoms with van der Waals surface area (Å²) in [7, 11) is 0. The number of rotatable bonds is 5. The minimum absolute atomic E-state index is 0.0785. The van der Waals surface area contributed by atoms with Crippen molar-refractivity contribution < 1.29 is 19.2 Å². The first-order valence-corrected chi connectivity index (χ1v) is 8.16. The number of ether oxygens (including phenoxy) is 1. The van der Waals surface area contributed by atoms with Gasteiger partial charge < -0.3 is 10.1 Å².